The molecule has 0 aliphatic carbocycles. The Morgan fingerprint density at radius 1 is 0.906 bits per heavy atom. The molecule has 0 saturated carbocycles. The first kappa shape index (κ1) is 22.9. The van der Waals surface area contributed by atoms with E-state index < -0.39 is 0 Å². The van der Waals surface area contributed by atoms with Crippen LogP contribution in [0.15, 0.2) is 53.3 Å². The summed E-state index contributed by atoms with van der Waals surface area (Å²) in [5.41, 5.74) is 5.19. The second-order valence-corrected chi connectivity index (χ2v) is 8.25. The van der Waals surface area contributed by atoms with Crippen molar-refractivity contribution >= 4 is 23.2 Å². The van der Waals surface area contributed by atoms with Crippen LogP contribution in [0.1, 0.15) is 30.5 Å². The molecule has 3 rings (SSSR count). The van der Waals surface area contributed by atoms with Crippen LogP contribution < -0.4 is 16.2 Å². The van der Waals surface area contributed by atoms with Gasteiger partial charge in [0.15, 0.2) is 0 Å². The molecule has 3 aromatic rings. The molecular formula is C25H28N4O3. The normalized spacial score (nSPS) is 10.8. The van der Waals surface area contributed by atoms with Gasteiger partial charge >= 0.3 is 0 Å². The van der Waals surface area contributed by atoms with E-state index in [0.29, 0.717) is 17.1 Å². The van der Waals surface area contributed by atoms with Gasteiger partial charge in [0.05, 0.1) is 5.69 Å². The smallest absolute Gasteiger partial charge is 0.267 e. The van der Waals surface area contributed by atoms with Gasteiger partial charge < -0.3 is 10.6 Å². The van der Waals surface area contributed by atoms with E-state index in [9.17, 15) is 14.4 Å². The SMILES string of the molecule is Cc1ccc(C)c(NC(=O)Cn2nc(-c3ccc(C)c(NC(=O)C(C)C)c3)ccc2=O)c1. The summed E-state index contributed by atoms with van der Waals surface area (Å²) >= 11 is 0. The zero-order chi connectivity index (χ0) is 23.4. The number of benzene rings is 2. The van der Waals surface area contributed by atoms with Crippen molar-refractivity contribution in [3.63, 3.8) is 0 Å². The van der Waals surface area contributed by atoms with E-state index in [1.807, 2.05) is 71.0 Å². The first-order chi connectivity index (χ1) is 15.1. The maximum Gasteiger partial charge on any atom is 0.267 e. The first-order valence-electron chi connectivity index (χ1n) is 10.5. The van der Waals surface area contributed by atoms with Crippen molar-refractivity contribution in [2.45, 2.75) is 41.2 Å². The number of aromatic nitrogens is 2. The van der Waals surface area contributed by atoms with Gasteiger partial charge in [-0.3, -0.25) is 14.4 Å². The molecule has 2 aromatic carbocycles. The standard InChI is InChI=1S/C25H28N4O3/c1-15(2)25(32)27-22-13-19(9-8-18(22)5)20-10-11-24(31)29(28-20)14-23(30)26-21-12-16(3)6-7-17(21)4/h6-13,15H,14H2,1-5H3,(H,26,30)(H,27,32). The first-order valence-corrected chi connectivity index (χ1v) is 10.5. The molecule has 166 valence electrons. The van der Waals surface area contributed by atoms with E-state index in [1.165, 1.54) is 6.07 Å². The molecule has 0 radical (unpaired) electrons. The van der Waals surface area contributed by atoms with E-state index >= 15 is 0 Å². The second-order valence-electron chi connectivity index (χ2n) is 8.25. The lowest BCUT2D eigenvalue weighted by atomic mass is 10.1. The number of anilines is 2. The summed E-state index contributed by atoms with van der Waals surface area (Å²) in [7, 11) is 0. The molecule has 7 heteroatoms. The molecule has 0 bridgehead atoms. The molecule has 0 aliphatic rings. The van der Waals surface area contributed by atoms with Crippen LogP contribution in [0.5, 0.6) is 0 Å². The lowest BCUT2D eigenvalue weighted by molar-refractivity contribution is -0.119. The number of hydrogen-bond donors (Lipinski definition) is 2. The molecule has 0 fully saturated rings. The van der Waals surface area contributed by atoms with Crippen LogP contribution in [0, 0.1) is 26.7 Å². The van der Waals surface area contributed by atoms with Crippen molar-refractivity contribution in [3.05, 3.63) is 75.6 Å². The quantitative estimate of drug-likeness (QED) is 0.614. The Labute approximate surface area is 187 Å². The number of nitrogens with one attached hydrogen (secondary N) is 2. The van der Waals surface area contributed by atoms with Crippen LogP contribution in [-0.4, -0.2) is 21.6 Å². The summed E-state index contributed by atoms with van der Waals surface area (Å²) in [6, 6.07) is 14.4. The molecule has 0 atom stereocenters. The van der Waals surface area contributed by atoms with E-state index in [1.54, 1.807) is 6.07 Å². The number of carbonyl (C=O) groups is 2. The molecule has 0 unspecified atom stereocenters. The Balaban J connectivity index is 1.84. The monoisotopic (exact) mass is 432 g/mol. The van der Waals surface area contributed by atoms with E-state index in [4.69, 9.17) is 0 Å². The van der Waals surface area contributed by atoms with Gasteiger partial charge in [0.1, 0.15) is 6.54 Å². The maximum atomic E-state index is 12.6. The van der Waals surface area contributed by atoms with Crippen LogP contribution in [-0.2, 0) is 16.1 Å². The van der Waals surface area contributed by atoms with Crippen LogP contribution in [0.3, 0.4) is 0 Å². The maximum absolute atomic E-state index is 12.6. The molecular weight excluding hydrogens is 404 g/mol. The molecule has 1 heterocycles. The average Bonchev–Trinajstić information content (AvgIpc) is 2.73. The molecule has 2 amide bonds. The molecule has 7 nitrogen and oxygen atoms in total. The Kier molecular flexibility index (Phi) is 6.88. The summed E-state index contributed by atoms with van der Waals surface area (Å²) in [6.45, 7) is 9.22. The largest absolute Gasteiger partial charge is 0.326 e. The molecule has 2 N–H and O–H groups in total. The zero-order valence-corrected chi connectivity index (χ0v) is 19.0. The highest BCUT2D eigenvalue weighted by Gasteiger charge is 2.13. The van der Waals surface area contributed by atoms with Crippen LogP contribution in [0.25, 0.3) is 11.3 Å². The molecule has 0 aliphatic heterocycles. The fourth-order valence-electron chi connectivity index (χ4n) is 3.11. The summed E-state index contributed by atoms with van der Waals surface area (Å²) < 4.78 is 1.14. The van der Waals surface area contributed by atoms with Gasteiger partial charge in [0, 0.05) is 28.9 Å². The van der Waals surface area contributed by atoms with Crippen molar-refractivity contribution in [3.8, 4) is 11.3 Å². The summed E-state index contributed by atoms with van der Waals surface area (Å²) in [6.07, 6.45) is 0. The number of rotatable bonds is 6. The van der Waals surface area contributed by atoms with E-state index in [0.717, 1.165) is 26.9 Å². The highest BCUT2D eigenvalue weighted by molar-refractivity contribution is 5.93. The van der Waals surface area contributed by atoms with Gasteiger partial charge in [-0.2, -0.15) is 5.10 Å². The second kappa shape index (κ2) is 9.60. The molecule has 1 aromatic heterocycles. The number of carbonyl (C=O) groups excluding carboxylic acids is 2. The predicted molar refractivity (Wildman–Crippen MR) is 127 cm³/mol. The topological polar surface area (TPSA) is 93.1 Å². The Morgan fingerprint density at radius 2 is 1.56 bits per heavy atom. The van der Waals surface area contributed by atoms with Crippen LogP contribution in [0.4, 0.5) is 11.4 Å². The van der Waals surface area contributed by atoms with E-state index in [-0.39, 0.29) is 29.8 Å². The fraction of sp³-hybridized carbons (Fsp3) is 0.280. The van der Waals surface area contributed by atoms with Gasteiger partial charge in [-0.15, -0.1) is 0 Å². The van der Waals surface area contributed by atoms with Crippen molar-refractivity contribution in [2.24, 2.45) is 5.92 Å². The van der Waals surface area contributed by atoms with Gasteiger partial charge in [0.2, 0.25) is 11.8 Å². The van der Waals surface area contributed by atoms with Gasteiger partial charge in [-0.25, -0.2) is 4.68 Å². The summed E-state index contributed by atoms with van der Waals surface area (Å²) in [4.78, 5) is 37.0. The third-order valence-corrected chi connectivity index (χ3v) is 5.14. The number of aryl methyl sites for hydroxylation is 3. The molecule has 0 spiro atoms. The number of nitrogens with zero attached hydrogens (tertiary/aromatic N) is 2. The van der Waals surface area contributed by atoms with Crippen LogP contribution >= 0.6 is 0 Å². The Morgan fingerprint density at radius 3 is 2.25 bits per heavy atom. The minimum absolute atomic E-state index is 0.0775. The van der Waals surface area contributed by atoms with Crippen molar-refractivity contribution in [1.82, 2.24) is 9.78 Å². The lowest BCUT2D eigenvalue weighted by Gasteiger charge is -2.13. The number of hydrogen-bond acceptors (Lipinski definition) is 4. The van der Waals surface area contributed by atoms with Gasteiger partial charge in [-0.1, -0.05) is 38.1 Å². The highest BCUT2D eigenvalue weighted by atomic mass is 16.2. The van der Waals surface area contributed by atoms with E-state index in [2.05, 4.69) is 15.7 Å². The summed E-state index contributed by atoms with van der Waals surface area (Å²) in [5, 5.41) is 10.1. The Hall–Kier alpha value is -3.74. The fourth-order valence-corrected chi connectivity index (χ4v) is 3.11. The van der Waals surface area contributed by atoms with Crippen LogP contribution in [0.2, 0.25) is 0 Å². The van der Waals surface area contributed by atoms with Crippen molar-refractivity contribution in [2.75, 3.05) is 10.6 Å². The van der Waals surface area contributed by atoms with Gasteiger partial charge in [0.25, 0.3) is 5.56 Å². The number of amides is 2. The third kappa shape index (κ3) is 5.49. The zero-order valence-electron chi connectivity index (χ0n) is 19.0. The Bertz CT molecular complexity index is 1230. The minimum atomic E-state index is -0.370. The van der Waals surface area contributed by atoms with Crippen molar-refractivity contribution < 1.29 is 9.59 Å². The predicted octanol–water partition coefficient (Wildman–Crippen LogP) is 4.07. The van der Waals surface area contributed by atoms with Crippen molar-refractivity contribution in [1.29, 1.82) is 0 Å². The minimum Gasteiger partial charge on any atom is -0.326 e. The third-order valence-electron chi connectivity index (χ3n) is 5.14. The highest BCUT2D eigenvalue weighted by Crippen LogP contribution is 2.24. The molecule has 32 heavy (non-hydrogen) atoms. The molecule has 0 saturated heterocycles. The van der Waals surface area contributed by atoms with Gasteiger partial charge in [-0.05, 0) is 55.7 Å². The lowest BCUT2D eigenvalue weighted by Crippen LogP contribution is -2.29. The average molecular weight is 433 g/mol. The summed E-state index contributed by atoms with van der Waals surface area (Å²) in [5.74, 6) is -0.556.